The quantitative estimate of drug-likeness (QED) is 0.479. The largest absolute Gasteiger partial charge is 0.478 e. The Morgan fingerprint density at radius 1 is 1.16 bits per heavy atom. The molecule has 1 aromatic heterocycles. The molecule has 5 nitrogen and oxygen atoms in total. The lowest BCUT2D eigenvalue weighted by Crippen LogP contribution is -2.32. The predicted octanol–water partition coefficient (Wildman–Crippen LogP) is 5.67. The zero-order valence-corrected chi connectivity index (χ0v) is 18.2. The van der Waals surface area contributed by atoms with Gasteiger partial charge in [0.25, 0.3) is 0 Å². The Balaban J connectivity index is 1.50. The number of rotatable bonds is 3. The van der Waals surface area contributed by atoms with Crippen LogP contribution in [0.15, 0.2) is 54.4 Å². The van der Waals surface area contributed by atoms with Gasteiger partial charge in [0.1, 0.15) is 18.2 Å². The van der Waals surface area contributed by atoms with E-state index in [0.717, 1.165) is 22.6 Å². The van der Waals surface area contributed by atoms with Crippen molar-refractivity contribution in [3.8, 4) is 11.5 Å². The molecule has 0 atom stereocenters. The van der Waals surface area contributed by atoms with Gasteiger partial charge in [-0.3, -0.25) is 14.7 Å². The lowest BCUT2D eigenvalue weighted by atomic mass is 9.98. The number of aromatic nitrogens is 1. The summed E-state index contributed by atoms with van der Waals surface area (Å²) < 4.78 is 12.1. The number of hydrogen-bond acceptors (Lipinski definition) is 5. The minimum atomic E-state index is -0.187. The van der Waals surface area contributed by atoms with Gasteiger partial charge in [-0.2, -0.15) is 0 Å². The van der Waals surface area contributed by atoms with Crippen LogP contribution in [0, 0.1) is 6.92 Å². The van der Waals surface area contributed by atoms with E-state index in [0.29, 0.717) is 46.7 Å². The SMILES string of the molecule is Cc1cc2c(c3c1C(=O)/C(=C/c1c(Cl)cccc1Cl)O3)CN(Cc1ccccn1)CO2. The van der Waals surface area contributed by atoms with Crippen molar-refractivity contribution >= 4 is 35.1 Å². The number of pyridine rings is 1. The van der Waals surface area contributed by atoms with Crippen molar-refractivity contribution in [1.82, 2.24) is 9.88 Å². The number of halogens is 2. The van der Waals surface area contributed by atoms with Crippen molar-refractivity contribution < 1.29 is 14.3 Å². The van der Waals surface area contributed by atoms with Crippen molar-refractivity contribution in [2.24, 2.45) is 0 Å². The number of aryl methyl sites for hydroxylation is 1. The smallest absolute Gasteiger partial charge is 0.232 e. The van der Waals surface area contributed by atoms with Gasteiger partial charge in [-0.1, -0.05) is 35.3 Å². The summed E-state index contributed by atoms with van der Waals surface area (Å²) >= 11 is 12.6. The third-order valence-electron chi connectivity index (χ3n) is 5.37. The molecule has 0 fully saturated rings. The molecule has 2 aliphatic heterocycles. The Hall–Kier alpha value is -2.86. The van der Waals surface area contributed by atoms with Gasteiger partial charge in [0.2, 0.25) is 5.78 Å². The second-order valence-electron chi connectivity index (χ2n) is 7.53. The molecule has 0 aliphatic carbocycles. The van der Waals surface area contributed by atoms with Crippen LogP contribution < -0.4 is 9.47 Å². The fourth-order valence-electron chi connectivity index (χ4n) is 3.88. The molecule has 31 heavy (non-hydrogen) atoms. The molecule has 0 spiro atoms. The van der Waals surface area contributed by atoms with Crippen LogP contribution in [0.3, 0.4) is 0 Å². The van der Waals surface area contributed by atoms with Crippen LogP contribution in [-0.2, 0) is 13.1 Å². The van der Waals surface area contributed by atoms with Gasteiger partial charge >= 0.3 is 0 Å². The van der Waals surface area contributed by atoms with Gasteiger partial charge < -0.3 is 9.47 Å². The Bertz CT molecular complexity index is 1200. The van der Waals surface area contributed by atoms with Crippen molar-refractivity contribution in [1.29, 1.82) is 0 Å². The number of Topliss-reactive ketones (excluding diaryl/α,β-unsaturated/α-hetero) is 1. The van der Waals surface area contributed by atoms with Gasteiger partial charge in [-0.25, -0.2) is 0 Å². The highest BCUT2D eigenvalue weighted by atomic mass is 35.5. The van der Waals surface area contributed by atoms with E-state index < -0.39 is 0 Å². The molecule has 0 saturated heterocycles. The van der Waals surface area contributed by atoms with Crippen molar-refractivity contribution in [2.45, 2.75) is 20.0 Å². The van der Waals surface area contributed by atoms with Crippen LogP contribution in [0.1, 0.15) is 32.7 Å². The molecule has 0 saturated carbocycles. The molecule has 0 amide bonds. The summed E-state index contributed by atoms with van der Waals surface area (Å²) in [7, 11) is 0. The molecule has 3 heterocycles. The molecule has 2 aromatic carbocycles. The molecule has 7 heteroatoms. The third kappa shape index (κ3) is 3.69. The maximum Gasteiger partial charge on any atom is 0.232 e. The fourth-order valence-corrected chi connectivity index (χ4v) is 4.38. The second kappa shape index (κ2) is 8.00. The highest BCUT2D eigenvalue weighted by Gasteiger charge is 2.35. The molecular weight excluding hydrogens is 435 g/mol. The van der Waals surface area contributed by atoms with E-state index in [1.165, 1.54) is 0 Å². The second-order valence-corrected chi connectivity index (χ2v) is 8.35. The summed E-state index contributed by atoms with van der Waals surface area (Å²) in [5.74, 6) is 1.29. The van der Waals surface area contributed by atoms with E-state index in [9.17, 15) is 4.79 Å². The predicted molar refractivity (Wildman–Crippen MR) is 120 cm³/mol. The van der Waals surface area contributed by atoms with Gasteiger partial charge in [-0.15, -0.1) is 0 Å². The van der Waals surface area contributed by atoms with E-state index in [1.807, 2.05) is 31.2 Å². The molecule has 156 valence electrons. The number of ketones is 1. The fraction of sp³-hybridized carbons (Fsp3) is 0.167. The number of carbonyl (C=O) groups is 1. The summed E-state index contributed by atoms with van der Waals surface area (Å²) in [4.78, 5) is 19.7. The molecule has 0 radical (unpaired) electrons. The molecule has 2 aliphatic rings. The van der Waals surface area contributed by atoms with E-state index in [2.05, 4.69) is 9.88 Å². The first-order valence-corrected chi connectivity index (χ1v) is 10.6. The number of ether oxygens (including phenoxy) is 2. The van der Waals surface area contributed by atoms with Crippen molar-refractivity contribution in [2.75, 3.05) is 6.73 Å². The first-order chi connectivity index (χ1) is 15.0. The van der Waals surface area contributed by atoms with E-state index in [1.54, 1.807) is 30.5 Å². The molecule has 0 N–H and O–H groups in total. The van der Waals surface area contributed by atoms with Gasteiger partial charge in [0.05, 0.1) is 16.8 Å². The standard InChI is InChI=1S/C24H18Cl2N2O3/c1-14-9-20-17(12-28(13-30-20)11-15-5-2-3-8-27-15)24-22(14)23(29)21(31-24)10-16-18(25)6-4-7-19(16)26/h2-10H,11-13H2,1H3/b21-10-. The van der Waals surface area contributed by atoms with E-state index >= 15 is 0 Å². The molecular formula is C24H18Cl2N2O3. The minimum Gasteiger partial charge on any atom is -0.478 e. The highest BCUT2D eigenvalue weighted by molar-refractivity contribution is 6.37. The summed E-state index contributed by atoms with van der Waals surface area (Å²) in [5.41, 5.74) is 3.72. The average molecular weight is 453 g/mol. The lowest BCUT2D eigenvalue weighted by Gasteiger charge is -2.29. The lowest BCUT2D eigenvalue weighted by molar-refractivity contribution is 0.0861. The Kier molecular flexibility index (Phi) is 5.18. The van der Waals surface area contributed by atoms with Crippen LogP contribution in [0.25, 0.3) is 6.08 Å². The topological polar surface area (TPSA) is 51.7 Å². The van der Waals surface area contributed by atoms with Crippen LogP contribution in [0.4, 0.5) is 0 Å². The normalized spacial score (nSPS) is 16.6. The van der Waals surface area contributed by atoms with E-state index in [-0.39, 0.29) is 11.5 Å². The van der Waals surface area contributed by atoms with Crippen LogP contribution in [-0.4, -0.2) is 22.4 Å². The number of benzene rings is 2. The van der Waals surface area contributed by atoms with Gasteiger partial charge in [0, 0.05) is 34.9 Å². The maximum absolute atomic E-state index is 13.2. The Morgan fingerprint density at radius 3 is 2.71 bits per heavy atom. The monoisotopic (exact) mass is 452 g/mol. The summed E-state index contributed by atoms with van der Waals surface area (Å²) in [6.45, 7) is 3.54. The molecule has 5 rings (SSSR count). The summed E-state index contributed by atoms with van der Waals surface area (Å²) in [6.07, 6.45) is 3.38. The van der Waals surface area contributed by atoms with Crippen LogP contribution >= 0.6 is 23.2 Å². The van der Waals surface area contributed by atoms with Crippen molar-refractivity contribution in [3.63, 3.8) is 0 Å². The number of fused-ring (bicyclic) bond motifs is 3. The van der Waals surface area contributed by atoms with E-state index in [4.69, 9.17) is 32.7 Å². The number of carbonyl (C=O) groups excluding carboxylic acids is 1. The van der Waals surface area contributed by atoms with Gasteiger partial charge in [0.15, 0.2) is 5.76 Å². The van der Waals surface area contributed by atoms with Crippen LogP contribution in [0.2, 0.25) is 10.0 Å². The zero-order chi connectivity index (χ0) is 21.5. The highest BCUT2D eigenvalue weighted by Crippen LogP contribution is 2.44. The first-order valence-electron chi connectivity index (χ1n) is 9.81. The number of allylic oxidation sites excluding steroid dienone is 1. The first kappa shape index (κ1) is 20.1. The molecule has 3 aromatic rings. The zero-order valence-electron chi connectivity index (χ0n) is 16.7. The average Bonchev–Trinajstić information content (AvgIpc) is 3.09. The summed E-state index contributed by atoms with van der Waals surface area (Å²) in [5, 5.41) is 0.909. The third-order valence-corrected chi connectivity index (χ3v) is 6.03. The van der Waals surface area contributed by atoms with Gasteiger partial charge in [-0.05, 0) is 48.9 Å². The van der Waals surface area contributed by atoms with Crippen molar-refractivity contribution in [3.05, 3.63) is 92.4 Å². The molecule has 0 unspecified atom stereocenters. The summed E-state index contributed by atoms with van der Waals surface area (Å²) in [6, 6.07) is 12.9. The maximum atomic E-state index is 13.2. The minimum absolute atomic E-state index is 0.187. The molecule has 0 bridgehead atoms. The Labute approximate surface area is 189 Å². The van der Waals surface area contributed by atoms with Crippen LogP contribution in [0.5, 0.6) is 11.5 Å². The number of nitrogens with zero attached hydrogens (tertiary/aromatic N) is 2. The number of hydrogen-bond donors (Lipinski definition) is 0. The Morgan fingerprint density at radius 2 is 1.97 bits per heavy atom.